The molecule has 2 aliphatic rings. The van der Waals surface area contributed by atoms with Crippen LogP contribution < -0.4 is 10.5 Å². The first kappa shape index (κ1) is 26.2. The van der Waals surface area contributed by atoms with Crippen molar-refractivity contribution >= 4 is 22.8 Å². The molecule has 1 aromatic carbocycles. The number of benzene rings is 1. The van der Waals surface area contributed by atoms with E-state index in [-0.39, 0.29) is 52.9 Å². The van der Waals surface area contributed by atoms with Gasteiger partial charge in [0, 0.05) is 19.2 Å². The number of halogens is 3. The van der Waals surface area contributed by atoms with Crippen molar-refractivity contribution in [1.82, 2.24) is 29.6 Å². The standard InChI is InChI=1S/C28H23F3N8O2/c29-19-4-1-5-20(23(19)30)41-21-9-8-18(25(31)36-21)24-22-26(33)34-14-35-27(22)39(37-24)17-3-2-10-38(13-17)28(40)16(12-32)11-15-6-7-15/h1,4-5,8-9,11,14-15,17H,2-3,6-7,10,13H2,(H2,33,34,35)/t17-/m1/s1. The van der Waals surface area contributed by atoms with Crippen LogP contribution in [0, 0.1) is 34.8 Å². The van der Waals surface area contributed by atoms with E-state index < -0.39 is 23.3 Å². The van der Waals surface area contributed by atoms with E-state index in [0.29, 0.717) is 30.4 Å². The lowest BCUT2D eigenvalue weighted by atomic mass is 10.0. The molecule has 1 saturated carbocycles. The molecule has 0 unspecified atom stereocenters. The highest BCUT2D eigenvalue weighted by Crippen LogP contribution is 2.36. The molecule has 1 saturated heterocycles. The summed E-state index contributed by atoms with van der Waals surface area (Å²) in [7, 11) is 0. The van der Waals surface area contributed by atoms with Crippen LogP contribution in [-0.4, -0.2) is 48.6 Å². The number of anilines is 1. The van der Waals surface area contributed by atoms with Gasteiger partial charge in [0.1, 0.15) is 29.5 Å². The highest BCUT2D eigenvalue weighted by atomic mass is 19.2. The number of amides is 1. The monoisotopic (exact) mass is 560 g/mol. The maximum atomic E-state index is 15.4. The van der Waals surface area contributed by atoms with Crippen molar-refractivity contribution in [2.45, 2.75) is 31.7 Å². The van der Waals surface area contributed by atoms with E-state index in [1.807, 2.05) is 6.07 Å². The molecule has 0 bridgehead atoms. The molecule has 3 aromatic heterocycles. The van der Waals surface area contributed by atoms with Crippen LogP contribution in [0.25, 0.3) is 22.3 Å². The van der Waals surface area contributed by atoms with Crippen LogP contribution in [0.4, 0.5) is 19.0 Å². The first-order chi connectivity index (χ1) is 19.8. The Morgan fingerprint density at radius 3 is 2.73 bits per heavy atom. The molecule has 13 heteroatoms. The zero-order valence-corrected chi connectivity index (χ0v) is 21.6. The predicted octanol–water partition coefficient (Wildman–Crippen LogP) is 4.70. The number of nitrogen functional groups attached to an aromatic ring is 1. The Kier molecular flexibility index (Phi) is 6.74. The summed E-state index contributed by atoms with van der Waals surface area (Å²) in [5, 5.41) is 14.5. The van der Waals surface area contributed by atoms with Gasteiger partial charge >= 0.3 is 0 Å². The van der Waals surface area contributed by atoms with Crippen LogP contribution in [0.15, 0.2) is 48.3 Å². The summed E-state index contributed by atoms with van der Waals surface area (Å²) in [5.74, 6) is -4.04. The number of hydrogen-bond acceptors (Lipinski definition) is 8. The number of fused-ring (bicyclic) bond motifs is 1. The Hall–Kier alpha value is -4.99. The SMILES string of the molecule is N#CC(=CC1CC1)C(=O)N1CCC[C@@H](n2nc(-c3ccc(Oc4cccc(F)c4F)nc3F)c3c(N)ncnc32)C1. The number of pyridine rings is 1. The molecule has 4 aromatic rings. The number of nitriles is 1. The summed E-state index contributed by atoms with van der Waals surface area (Å²) in [6.45, 7) is 0.767. The van der Waals surface area contributed by atoms with E-state index in [2.05, 4.69) is 20.1 Å². The molecule has 41 heavy (non-hydrogen) atoms. The molecule has 6 rings (SSSR count). The average molecular weight is 561 g/mol. The van der Waals surface area contributed by atoms with Crippen LogP contribution >= 0.6 is 0 Å². The van der Waals surface area contributed by atoms with Gasteiger partial charge in [-0.2, -0.15) is 24.1 Å². The fraction of sp³-hybridized carbons (Fsp3) is 0.286. The topological polar surface area (TPSA) is 136 Å². The van der Waals surface area contributed by atoms with Gasteiger partial charge in [-0.05, 0) is 49.8 Å². The second-order valence-electron chi connectivity index (χ2n) is 9.97. The number of likely N-dealkylation sites (tertiary alicyclic amines) is 1. The second-order valence-corrected chi connectivity index (χ2v) is 9.97. The molecule has 1 aliphatic carbocycles. The highest BCUT2D eigenvalue weighted by molar-refractivity contribution is 5.99. The van der Waals surface area contributed by atoms with Gasteiger partial charge in [0.05, 0.1) is 17.0 Å². The van der Waals surface area contributed by atoms with Crippen LogP contribution in [0.2, 0.25) is 0 Å². The fourth-order valence-corrected chi connectivity index (χ4v) is 4.93. The number of piperidine rings is 1. The molecule has 1 atom stereocenters. The lowest BCUT2D eigenvalue weighted by molar-refractivity contribution is -0.128. The third kappa shape index (κ3) is 5.04. The van der Waals surface area contributed by atoms with Crippen molar-refractivity contribution in [1.29, 1.82) is 5.26 Å². The van der Waals surface area contributed by atoms with E-state index in [1.54, 1.807) is 15.7 Å². The first-order valence-electron chi connectivity index (χ1n) is 13.0. The van der Waals surface area contributed by atoms with Crippen molar-refractivity contribution in [3.8, 4) is 29.0 Å². The molecule has 208 valence electrons. The maximum absolute atomic E-state index is 15.4. The van der Waals surface area contributed by atoms with Gasteiger partial charge in [0.25, 0.3) is 5.91 Å². The van der Waals surface area contributed by atoms with Crippen molar-refractivity contribution < 1.29 is 22.7 Å². The number of hydrogen-bond donors (Lipinski definition) is 1. The van der Waals surface area contributed by atoms with Gasteiger partial charge in [0.2, 0.25) is 17.6 Å². The Labute approximate surface area is 231 Å². The second kappa shape index (κ2) is 10.5. The van der Waals surface area contributed by atoms with E-state index in [9.17, 15) is 18.8 Å². The summed E-state index contributed by atoms with van der Waals surface area (Å²) in [6.07, 6.45) is 6.29. The normalized spacial score (nSPS) is 17.5. The summed E-state index contributed by atoms with van der Waals surface area (Å²) in [5.41, 5.74) is 6.76. The van der Waals surface area contributed by atoms with Gasteiger partial charge < -0.3 is 15.4 Å². The molecule has 10 nitrogen and oxygen atoms in total. The van der Waals surface area contributed by atoms with Gasteiger partial charge in [-0.3, -0.25) is 4.79 Å². The minimum atomic E-state index is -1.22. The first-order valence-corrected chi connectivity index (χ1v) is 13.0. The smallest absolute Gasteiger partial charge is 0.264 e. The minimum Gasteiger partial charge on any atom is -0.436 e. The van der Waals surface area contributed by atoms with Gasteiger partial charge in [0.15, 0.2) is 17.2 Å². The number of aromatic nitrogens is 5. The number of rotatable bonds is 6. The predicted molar refractivity (Wildman–Crippen MR) is 141 cm³/mol. The molecule has 1 amide bonds. The number of allylic oxidation sites excluding steroid dienone is 1. The highest BCUT2D eigenvalue weighted by Gasteiger charge is 2.31. The van der Waals surface area contributed by atoms with E-state index >= 15 is 4.39 Å². The molecule has 0 spiro atoms. The number of nitrogens with zero attached hydrogens (tertiary/aromatic N) is 7. The summed E-state index contributed by atoms with van der Waals surface area (Å²) >= 11 is 0. The van der Waals surface area contributed by atoms with Crippen molar-refractivity contribution in [2.75, 3.05) is 18.8 Å². The molecule has 2 fully saturated rings. The molecule has 1 aliphatic heterocycles. The maximum Gasteiger partial charge on any atom is 0.264 e. The number of carbonyl (C=O) groups excluding carboxylic acids is 1. The summed E-state index contributed by atoms with van der Waals surface area (Å²) < 4.78 is 49.8. The largest absolute Gasteiger partial charge is 0.436 e. The van der Waals surface area contributed by atoms with E-state index in [0.717, 1.165) is 18.9 Å². The Morgan fingerprint density at radius 1 is 1.15 bits per heavy atom. The Bertz CT molecular complexity index is 1740. The lowest BCUT2D eigenvalue weighted by Gasteiger charge is -2.32. The Morgan fingerprint density at radius 2 is 1.98 bits per heavy atom. The molecule has 4 heterocycles. The van der Waals surface area contributed by atoms with Crippen molar-refractivity contribution in [2.24, 2.45) is 5.92 Å². The molecular formula is C28H23F3N8O2. The quantitative estimate of drug-likeness (QED) is 0.204. The van der Waals surface area contributed by atoms with Crippen molar-refractivity contribution in [3.63, 3.8) is 0 Å². The van der Waals surface area contributed by atoms with Gasteiger partial charge in [-0.15, -0.1) is 0 Å². The minimum absolute atomic E-state index is 0.0369. The van der Waals surface area contributed by atoms with Gasteiger partial charge in [-0.1, -0.05) is 12.1 Å². The van der Waals surface area contributed by atoms with Crippen LogP contribution in [0.3, 0.4) is 0 Å². The lowest BCUT2D eigenvalue weighted by Crippen LogP contribution is -2.41. The average Bonchev–Trinajstić information content (AvgIpc) is 3.71. The van der Waals surface area contributed by atoms with E-state index in [4.69, 9.17) is 10.5 Å². The zero-order valence-electron chi connectivity index (χ0n) is 21.6. The Balaban J connectivity index is 1.33. The van der Waals surface area contributed by atoms with Crippen molar-refractivity contribution in [3.05, 3.63) is 65.9 Å². The van der Waals surface area contributed by atoms with Crippen LogP contribution in [0.5, 0.6) is 11.6 Å². The molecule has 0 radical (unpaired) electrons. The number of ether oxygens (including phenoxy) is 1. The molecular weight excluding hydrogens is 537 g/mol. The molecule has 2 N–H and O–H groups in total. The fourth-order valence-electron chi connectivity index (χ4n) is 4.93. The van der Waals surface area contributed by atoms with E-state index in [1.165, 1.54) is 30.6 Å². The zero-order chi connectivity index (χ0) is 28.7. The van der Waals surface area contributed by atoms with Crippen LogP contribution in [0.1, 0.15) is 31.7 Å². The van der Waals surface area contributed by atoms with Gasteiger partial charge in [-0.25, -0.2) is 19.0 Å². The third-order valence-corrected chi connectivity index (χ3v) is 7.13. The summed E-state index contributed by atoms with van der Waals surface area (Å²) in [4.78, 5) is 26.9. The summed E-state index contributed by atoms with van der Waals surface area (Å²) in [6, 6.07) is 7.72. The third-order valence-electron chi connectivity index (χ3n) is 7.13. The number of nitrogens with two attached hydrogens (primary N) is 1. The van der Waals surface area contributed by atoms with Crippen LogP contribution in [-0.2, 0) is 4.79 Å². The number of carbonyl (C=O) groups is 1.